The van der Waals surface area contributed by atoms with E-state index in [0.717, 1.165) is 42.0 Å². The lowest BCUT2D eigenvalue weighted by atomic mass is 9.86. The molecule has 2 aliphatic heterocycles. The first-order valence-corrected chi connectivity index (χ1v) is 9.70. The van der Waals surface area contributed by atoms with Crippen molar-refractivity contribution in [3.8, 4) is 0 Å². The van der Waals surface area contributed by atoms with E-state index in [1.165, 1.54) is 0 Å². The number of hydrogen-bond donors (Lipinski definition) is 4. The molecule has 0 radical (unpaired) electrons. The standard InChI is InChI=1S/C22H26N4O2/c1-13-4-6-16(18(10-13)24-15-8-9-23-12-15)20(27)25-14-5-7-17-19(11-14)26-21(28)22(17,2)3/h4-7,10-11,15,23-24H,8-9,12H2,1-3H3,(H,25,27)(H,26,28)/t15-/m0/s1. The van der Waals surface area contributed by atoms with E-state index in [4.69, 9.17) is 0 Å². The van der Waals surface area contributed by atoms with Crippen molar-refractivity contribution in [2.24, 2.45) is 0 Å². The number of rotatable bonds is 4. The Bertz CT molecular complexity index is 946. The number of fused-ring (bicyclic) bond motifs is 1. The molecule has 1 fully saturated rings. The van der Waals surface area contributed by atoms with Gasteiger partial charge in [0.05, 0.1) is 11.0 Å². The Morgan fingerprint density at radius 1 is 1.18 bits per heavy atom. The fourth-order valence-corrected chi connectivity index (χ4v) is 3.84. The van der Waals surface area contributed by atoms with E-state index < -0.39 is 5.41 Å². The topological polar surface area (TPSA) is 82.3 Å². The highest BCUT2D eigenvalue weighted by atomic mass is 16.2. The predicted molar refractivity (Wildman–Crippen MR) is 112 cm³/mol. The van der Waals surface area contributed by atoms with Crippen LogP contribution in [0.5, 0.6) is 0 Å². The fraction of sp³-hybridized carbons (Fsp3) is 0.364. The van der Waals surface area contributed by atoms with Crippen LogP contribution in [0.15, 0.2) is 36.4 Å². The highest BCUT2D eigenvalue weighted by Gasteiger charge is 2.38. The van der Waals surface area contributed by atoms with Gasteiger partial charge in [0.2, 0.25) is 5.91 Å². The zero-order chi connectivity index (χ0) is 19.9. The number of carbonyl (C=O) groups excluding carboxylic acids is 2. The Labute approximate surface area is 165 Å². The van der Waals surface area contributed by atoms with Gasteiger partial charge in [-0.05, 0) is 69.1 Å². The minimum absolute atomic E-state index is 0.0267. The van der Waals surface area contributed by atoms with Gasteiger partial charge in [-0.15, -0.1) is 0 Å². The lowest BCUT2D eigenvalue weighted by molar-refractivity contribution is -0.119. The summed E-state index contributed by atoms with van der Waals surface area (Å²) in [5, 5.41) is 12.7. The largest absolute Gasteiger partial charge is 0.380 e. The van der Waals surface area contributed by atoms with Crippen molar-refractivity contribution in [1.82, 2.24) is 5.32 Å². The summed E-state index contributed by atoms with van der Waals surface area (Å²) in [6.07, 6.45) is 1.04. The van der Waals surface area contributed by atoms with Crippen molar-refractivity contribution in [3.63, 3.8) is 0 Å². The number of benzene rings is 2. The summed E-state index contributed by atoms with van der Waals surface area (Å²) in [6, 6.07) is 11.7. The Morgan fingerprint density at radius 3 is 2.75 bits per heavy atom. The molecule has 0 aromatic heterocycles. The lowest BCUT2D eigenvalue weighted by Gasteiger charge is -2.18. The molecule has 1 saturated heterocycles. The molecule has 6 nitrogen and oxygen atoms in total. The maximum Gasteiger partial charge on any atom is 0.257 e. The fourth-order valence-electron chi connectivity index (χ4n) is 3.84. The molecule has 6 heteroatoms. The molecule has 4 rings (SSSR count). The van der Waals surface area contributed by atoms with Gasteiger partial charge in [0.15, 0.2) is 0 Å². The van der Waals surface area contributed by atoms with Crippen molar-refractivity contribution in [2.45, 2.75) is 38.6 Å². The molecular formula is C22H26N4O2. The highest BCUT2D eigenvalue weighted by molar-refractivity contribution is 6.10. The zero-order valence-corrected chi connectivity index (χ0v) is 16.5. The molecule has 0 unspecified atom stereocenters. The minimum atomic E-state index is -0.554. The number of hydrogen-bond acceptors (Lipinski definition) is 4. The lowest BCUT2D eigenvalue weighted by Crippen LogP contribution is -2.26. The maximum absolute atomic E-state index is 13.0. The Kier molecular flexibility index (Phi) is 4.59. The van der Waals surface area contributed by atoms with E-state index in [1.54, 1.807) is 0 Å². The van der Waals surface area contributed by atoms with E-state index >= 15 is 0 Å². The first-order valence-electron chi connectivity index (χ1n) is 9.70. The molecule has 2 aliphatic rings. The monoisotopic (exact) mass is 378 g/mol. The number of nitrogens with one attached hydrogen (secondary N) is 4. The first-order chi connectivity index (χ1) is 13.3. The Hall–Kier alpha value is -2.86. The molecule has 0 saturated carbocycles. The average molecular weight is 378 g/mol. The molecule has 0 spiro atoms. The maximum atomic E-state index is 13.0. The summed E-state index contributed by atoms with van der Waals surface area (Å²) < 4.78 is 0. The minimum Gasteiger partial charge on any atom is -0.380 e. The Balaban J connectivity index is 1.56. The SMILES string of the molecule is Cc1ccc(C(=O)Nc2ccc3c(c2)NC(=O)C3(C)C)c(N[C@H]2CCNC2)c1. The van der Waals surface area contributed by atoms with Gasteiger partial charge in [-0.1, -0.05) is 12.1 Å². The van der Waals surface area contributed by atoms with Gasteiger partial charge in [0, 0.05) is 29.6 Å². The summed E-state index contributed by atoms with van der Waals surface area (Å²) in [7, 11) is 0. The normalized spacial score (nSPS) is 19.8. The van der Waals surface area contributed by atoms with Crippen LogP contribution in [0.4, 0.5) is 17.1 Å². The molecular weight excluding hydrogens is 352 g/mol. The van der Waals surface area contributed by atoms with Gasteiger partial charge >= 0.3 is 0 Å². The molecule has 2 heterocycles. The van der Waals surface area contributed by atoms with E-state index in [-0.39, 0.29) is 11.8 Å². The van der Waals surface area contributed by atoms with Crippen LogP contribution in [0.3, 0.4) is 0 Å². The number of anilines is 3. The van der Waals surface area contributed by atoms with Crippen LogP contribution >= 0.6 is 0 Å². The van der Waals surface area contributed by atoms with Gasteiger partial charge < -0.3 is 21.3 Å². The van der Waals surface area contributed by atoms with Gasteiger partial charge in [-0.25, -0.2) is 0 Å². The van der Waals surface area contributed by atoms with Crippen LogP contribution in [-0.2, 0) is 10.2 Å². The molecule has 28 heavy (non-hydrogen) atoms. The second-order valence-corrected chi connectivity index (χ2v) is 8.18. The Morgan fingerprint density at radius 2 is 2.00 bits per heavy atom. The summed E-state index contributed by atoms with van der Waals surface area (Å²) in [6.45, 7) is 7.70. The van der Waals surface area contributed by atoms with Crippen molar-refractivity contribution in [2.75, 3.05) is 29.0 Å². The number of aryl methyl sites for hydroxylation is 1. The van der Waals surface area contributed by atoms with Crippen LogP contribution in [0.25, 0.3) is 0 Å². The van der Waals surface area contributed by atoms with Crippen LogP contribution in [0, 0.1) is 6.92 Å². The molecule has 146 valence electrons. The summed E-state index contributed by atoms with van der Waals surface area (Å²) in [5.41, 5.74) is 4.38. The van der Waals surface area contributed by atoms with Gasteiger partial charge in [0.1, 0.15) is 0 Å². The smallest absolute Gasteiger partial charge is 0.257 e. The van der Waals surface area contributed by atoms with Gasteiger partial charge in [-0.2, -0.15) is 0 Å². The third kappa shape index (κ3) is 3.36. The van der Waals surface area contributed by atoms with Crippen molar-refractivity contribution >= 4 is 28.9 Å². The predicted octanol–water partition coefficient (Wildman–Crippen LogP) is 3.25. The molecule has 2 aromatic rings. The van der Waals surface area contributed by atoms with Crippen LogP contribution in [0.1, 0.15) is 41.8 Å². The van der Waals surface area contributed by atoms with Gasteiger partial charge in [-0.3, -0.25) is 9.59 Å². The quantitative estimate of drug-likeness (QED) is 0.658. The molecule has 2 aromatic carbocycles. The zero-order valence-electron chi connectivity index (χ0n) is 16.5. The van der Waals surface area contributed by atoms with Crippen molar-refractivity contribution in [1.29, 1.82) is 0 Å². The molecule has 0 bridgehead atoms. The first kappa shape index (κ1) is 18.5. The van der Waals surface area contributed by atoms with Crippen LogP contribution < -0.4 is 21.3 Å². The summed E-state index contributed by atoms with van der Waals surface area (Å²) in [5.74, 6) is -0.196. The molecule has 0 aliphatic carbocycles. The van der Waals surface area contributed by atoms with Crippen molar-refractivity contribution in [3.05, 3.63) is 53.1 Å². The van der Waals surface area contributed by atoms with Crippen LogP contribution in [-0.4, -0.2) is 30.9 Å². The third-order valence-electron chi connectivity index (χ3n) is 5.61. The molecule has 2 amide bonds. The molecule has 4 N–H and O–H groups in total. The van der Waals surface area contributed by atoms with E-state index in [1.807, 2.05) is 57.2 Å². The number of carbonyl (C=O) groups is 2. The third-order valence-corrected chi connectivity index (χ3v) is 5.61. The van der Waals surface area contributed by atoms with Crippen LogP contribution in [0.2, 0.25) is 0 Å². The second-order valence-electron chi connectivity index (χ2n) is 8.18. The van der Waals surface area contributed by atoms with Gasteiger partial charge in [0.25, 0.3) is 5.91 Å². The van der Waals surface area contributed by atoms with Crippen molar-refractivity contribution < 1.29 is 9.59 Å². The summed E-state index contributed by atoms with van der Waals surface area (Å²) >= 11 is 0. The highest BCUT2D eigenvalue weighted by Crippen LogP contribution is 2.38. The summed E-state index contributed by atoms with van der Waals surface area (Å²) in [4.78, 5) is 25.1. The molecule has 1 atom stereocenters. The van der Waals surface area contributed by atoms with E-state index in [0.29, 0.717) is 17.3 Å². The van der Waals surface area contributed by atoms with E-state index in [9.17, 15) is 9.59 Å². The average Bonchev–Trinajstić information content (AvgIpc) is 3.21. The number of amides is 2. The van der Waals surface area contributed by atoms with E-state index in [2.05, 4.69) is 21.3 Å². The second kappa shape index (κ2) is 6.95.